The smallest absolute Gasteiger partial charge is 0.0435 e. The van der Waals surface area contributed by atoms with Gasteiger partial charge in [-0.1, -0.05) is 30.3 Å². The van der Waals surface area contributed by atoms with Crippen molar-refractivity contribution in [1.82, 2.24) is 5.32 Å². The topological polar surface area (TPSA) is 12.0 Å². The molecule has 0 spiro atoms. The van der Waals surface area contributed by atoms with Crippen LogP contribution in [0.4, 0.5) is 0 Å². The summed E-state index contributed by atoms with van der Waals surface area (Å²) in [6.45, 7) is 0. The Morgan fingerprint density at radius 3 is 2.44 bits per heavy atom. The molecule has 1 aliphatic rings. The number of rotatable bonds is 4. The van der Waals surface area contributed by atoms with Gasteiger partial charge in [0.1, 0.15) is 0 Å². The van der Waals surface area contributed by atoms with Crippen LogP contribution in [0.1, 0.15) is 30.0 Å². The SMILES string of the molecule is CNC(c1cscc1Br)C1(c2ccccc2)CC1. The van der Waals surface area contributed by atoms with Crippen molar-refractivity contribution in [3.63, 3.8) is 0 Å². The summed E-state index contributed by atoms with van der Waals surface area (Å²) in [5, 5.41) is 7.95. The minimum absolute atomic E-state index is 0.291. The van der Waals surface area contributed by atoms with E-state index >= 15 is 0 Å². The van der Waals surface area contributed by atoms with Gasteiger partial charge >= 0.3 is 0 Å². The van der Waals surface area contributed by atoms with Gasteiger partial charge in [0, 0.05) is 21.3 Å². The molecule has 1 saturated carbocycles. The molecule has 0 bridgehead atoms. The van der Waals surface area contributed by atoms with Crippen LogP contribution in [0.25, 0.3) is 0 Å². The first-order valence-corrected chi connectivity index (χ1v) is 7.96. The van der Waals surface area contributed by atoms with Gasteiger partial charge in [-0.2, -0.15) is 11.3 Å². The highest BCUT2D eigenvalue weighted by atomic mass is 79.9. The molecule has 1 heterocycles. The van der Waals surface area contributed by atoms with Crippen LogP contribution in [-0.2, 0) is 5.41 Å². The third kappa shape index (κ3) is 1.94. The largest absolute Gasteiger partial charge is 0.312 e. The van der Waals surface area contributed by atoms with E-state index in [9.17, 15) is 0 Å². The van der Waals surface area contributed by atoms with Crippen LogP contribution in [0.2, 0.25) is 0 Å². The second-order valence-corrected chi connectivity index (χ2v) is 6.52. The molecule has 1 aromatic carbocycles. The fourth-order valence-electron chi connectivity index (χ4n) is 2.88. The minimum atomic E-state index is 0.291. The van der Waals surface area contributed by atoms with E-state index in [4.69, 9.17) is 0 Å². The maximum absolute atomic E-state index is 3.67. The Morgan fingerprint density at radius 1 is 1.22 bits per heavy atom. The molecule has 3 rings (SSSR count). The Labute approximate surface area is 120 Å². The van der Waals surface area contributed by atoms with Crippen LogP contribution < -0.4 is 5.32 Å². The number of hydrogen-bond donors (Lipinski definition) is 1. The van der Waals surface area contributed by atoms with E-state index in [1.165, 1.54) is 28.4 Å². The van der Waals surface area contributed by atoms with E-state index in [0.29, 0.717) is 11.5 Å². The number of nitrogens with one attached hydrogen (secondary N) is 1. The monoisotopic (exact) mass is 321 g/mol. The summed E-state index contributed by atoms with van der Waals surface area (Å²) in [6, 6.07) is 11.3. The molecule has 18 heavy (non-hydrogen) atoms. The van der Waals surface area contributed by atoms with Crippen molar-refractivity contribution in [3.05, 3.63) is 56.7 Å². The van der Waals surface area contributed by atoms with Crippen molar-refractivity contribution in [2.24, 2.45) is 0 Å². The van der Waals surface area contributed by atoms with E-state index in [1.54, 1.807) is 11.3 Å². The number of thiophene rings is 1. The maximum Gasteiger partial charge on any atom is 0.0435 e. The van der Waals surface area contributed by atoms with Gasteiger partial charge in [0.05, 0.1) is 0 Å². The molecule has 0 aliphatic heterocycles. The zero-order valence-corrected chi connectivity index (χ0v) is 12.7. The third-order valence-electron chi connectivity index (χ3n) is 3.93. The van der Waals surface area contributed by atoms with Crippen molar-refractivity contribution < 1.29 is 0 Å². The summed E-state index contributed by atoms with van der Waals surface area (Å²) < 4.78 is 1.23. The minimum Gasteiger partial charge on any atom is -0.312 e. The highest BCUT2D eigenvalue weighted by Crippen LogP contribution is 2.57. The van der Waals surface area contributed by atoms with Gasteiger partial charge in [-0.3, -0.25) is 0 Å². The Hall–Kier alpha value is -0.640. The summed E-state index contributed by atoms with van der Waals surface area (Å²) in [6.07, 6.45) is 2.54. The Kier molecular flexibility index (Phi) is 3.31. The molecule has 94 valence electrons. The zero-order valence-electron chi connectivity index (χ0n) is 10.3. The molecular weight excluding hydrogens is 306 g/mol. The highest BCUT2D eigenvalue weighted by Gasteiger charge is 2.51. The summed E-state index contributed by atoms with van der Waals surface area (Å²) in [5.74, 6) is 0. The lowest BCUT2D eigenvalue weighted by Gasteiger charge is -2.27. The van der Waals surface area contributed by atoms with Crippen molar-refractivity contribution in [2.45, 2.75) is 24.3 Å². The van der Waals surface area contributed by atoms with Crippen LogP contribution in [0.3, 0.4) is 0 Å². The fourth-order valence-corrected chi connectivity index (χ4v) is 4.43. The van der Waals surface area contributed by atoms with Gasteiger partial charge in [-0.15, -0.1) is 0 Å². The lowest BCUT2D eigenvalue weighted by Crippen LogP contribution is -2.29. The lowest BCUT2D eigenvalue weighted by molar-refractivity contribution is 0.463. The quantitative estimate of drug-likeness (QED) is 0.874. The number of hydrogen-bond acceptors (Lipinski definition) is 2. The van der Waals surface area contributed by atoms with Crippen LogP contribution in [0, 0.1) is 0 Å². The summed E-state index contributed by atoms with van der Waals surface area (Å²) in [4.78, 5) is 0. The molecule has 1 nitrogen and oxygen atoms in total. The molecule has 1 aromatic heterocycles. The van der Waals surface area contributed by atoms with E-state index in [0.717, 1.165) is 0 Å². The van der Waals surface area contributed by atoms with E-state index in [-0.39, 0.29) is 0 Å². The molecule has 1 aliphatic carbocycles. The van der Waals surface area contributed by atoms with Crippen LogP contribution in [0.5, 0.6) is 0 Å². The average Bonchev–Trinajstić information content (AvgIpc) is 3.10. The average molecular weight is 322 g/mol. The second-order valence-electron chi connectivity index (χ2n) is 4.92. The zero-order chi connectivity index (χ0) is 12.6. The Balaban J connectivity index is 2.00. The van der Waals surface area contributed by atoms with Gasteiger partial charge in [0.25, 0.3) is 0 Å². The Morgan fingerprint density at radius 2 is 1.94 bits per heavy atom. The third-order valence-corrected chi connectivity index (χ3v) is 5.68. The van der Waals surface area contributed by atoms with Crippen molar-refractivity contribution >= 4 is 27.3 Å². The van der Waals surface area contributed by atoms with Gasteiger partial charge < -0.3 is 5.32 Å². The van der Waals surface area contributed by atoms with E-state index < -0.39 is 0 Å². The van der Waals surface area contributed by atoms with Gasteiger partial charge in [0.15, 0.2) is 0 Å². The molecule has 1 N–H and O–H groups in total. The molecule has 1 unspecified atom stereocenters. The van der Waals surface area contributed by atoms with Crippen molar-refractivity contribution in [1.29, 1.82) is 0 Å². The highest BCUT2D eigenvalue weighted by molar-refractivity contribution is 9.10. The van der Waals surface area contributed by atoms with E-state index in [2.05, 4.69) is 69.4 Å². The summed E-state index contributed by atoms with van der Waals surface area (Å²) in [5.41, 5.74) is 3.14. The first-order valence-electron chi connectivity index (χ1n) is 6.22. The van der Waals surface area contributed by atoms with Gasteiger partial charge in [0.2, 0.25) is 0 Å². The molecule has 1 fully saturated rings. The molecular formula is C15H16BrNS. The predicted octanol–water partition coefficient (Wildman–Crippen LogP) is 4.50. The van der Waals surface area contributed by atoms with Crippen LogP contribution in [0.15, 0.2) is 45.6 Å². The second kappa shape index (κ2) is 4.80. The molecule has 0 amide bonds. The molecule has 0 saturated heterocycles. The van der Waals surface area contributed by atoms with Crippen molar-refractivity contribution in [2.75, 3.05) is 7.05 Å². The lowest BCUT2D eigenvalue weighted by atomic mass is 9.85. The molecule has 0 radical (unpaired) electrons. The standard InChI is InChI=1S/C15H16BrNS/c1-17-14(12-9-18-10-13(12)16)15(7-8-15)11-5-3-2-4-6-11/h2-6,9-10,14,17H,7-8H2,1H3. The van der Waals surface area contributed by atoms with Crippen LogP contribution in [-0.4, -0.2) is 7.05 Å². The van der Waals surface area contributed by atoms with Gasteiger partial charge in [-0.05, 0) is 52.3 Å². The molecule has 1 atom stereocenters. The summed E-state index contributed by atoms with van der Waals surface area (Å²) in [7, 11) is 2.07. The maximum atomic E-state index is 3.67. The number of likely N-dealkylation sites (N-methyl/N-ethyl adjacent to an activating group) is 1. The van der Waals surface area contributed by atoms with E-state index in [1.807, 2.05) is 0 Å². The fraction of sp³-hybridized carbons (Fsp3) is 0.333. The normalized spacial score (nSPS) is 18.6. The Bertz CT molecular complexity index is 530. The first-order chi connectivity index (χ1) is 8.78. The predicted molar refractivity (Wildman–Crippen MR) is 81.2 cm³/mol. The van der Waals surface area contributed by atoms with Crippen LogP contribution >= 0.6 is 27.3 Å². The van der Waals surface area contributed by atoms with Gasteiger partial charge in [-0.25, -0.2) is 0 Å². The van der Waals surface area contributed by atoms with Crippen molar-refractivity contribution in [3.8, 4) is 0 Å². The first kappa shape index (κ1) is 12.4. The summed E-state index contributed by atoms with van der Waals surface area (Å²) >= 11 is 5.43. The molecule has 2 aromatic rings. The number of benzene rings is 1. The number of halogens is 1. The molecule has 3 heteroatoms.